The van der Waals surface area contributed by atoms with Gasteiger partial charge in [-0.2, -0.15) is 5.10 Å². The summed E-state index contributed by atoms with van der Waals surface area (Å²) in [6.45, 7) is 10.4. The van der Waals surface area contributed by atoms with Gasteiger partial charge in [-0.1, -0.05) is 12.6 Å². The number of aryl methyl sites for hydroxylation is 2. The third-order valence-electron chi connectivity index (χ3n) is 5.96. The number of nitrogens with one attached hydrogen (secondary N) is 1. The van der Waals surface area contributed by atoms with Crippen LogP contribution in [0.4, 0.5) is 5.69 Å². The Morgan fingerprint density at radius 2 is 1.88 bits per heavy atom. The molecule has 5 rings (SSSR count). The van der Waals surface area contributed by atoms with Gasteiger partial charge in [0.05, 0.1) is 10.9 Å². The van der Waals surface area contributed by atoms with Crippen molar-refractivity contribution in [1.82, 2.24) is 25.1 Å². The van der Waals surface area contributed by atoms with Crippen LogP contribution in [0.3, 0.4) is 0 Å². The Kier molecular flexibility index (Phi) is 4.97. The summed E-state index contributed by atoms with van der Waals surface area (Å²) in [5.74, 6) is 1.17. The number of nitrogens with zero attached hydrogens (tertiary/aromatic N) is 5. The Labute approximate surface area is 185 Å². The number of pyridine rings is 2. The summed E-state index contributed by atoms with van der Waals surface area (Å²) >= 11 is 0. The Bertz CT molecular complexity index is 1340. The highest BCUT2D eigenvalue weighted by Gasteiger charge is 2.22. The van der Waals surface area contributed by atoms with Gasteiger partial charge in [0.2, 0.25) is 11.8 Å². The summed E-state index contributed by atoms with van der Waals surface area (Å²) in [7, 11) is 0. The lowest BCUT2D eigenvalue weighted by molar-refractivity contribution is -0.126. The van der Waals surface area contributed by atoms with Crippen molar-refractivity contribution < 1.29 is 9.53 Å². The largest absolute Gasteiger partial charge is 0.436 e. The molecule has 32 heavy (non-hydrogen) atoms. The van der Waals surface area contributed by atoms with Crippen LogP contribution < -0.4 is 9.64 Å². The molecule has 0 radical (unpaired) electrons. The average Bonchev–Trinajstić information content (AvgIpc) is 3.21. The monoisotopic (exact) mass is 428 g/mol. The third kappa shape index (κ3) is 3.33. The molecule has 1 fully saturated rings. The molecule has 4 aromatic rings. The van der Waals surface area contributed by atoms with Gasteiger partial charge in [-0.05, 0) is 43.7 Å². The summed E-state index contributed by atoms with van der Waals surface area (Å²) in [5.41, 5.74) is 4.55. The normalized spacial score (nSPS) is 14.2. The number of carbonyl (C=O) groups is 1. The van der Waals surface area contributed by atoms with Gasteiger partial charge in [0.15, 0.2) is 0 Å². The molecule has 3 aromatic heterocycles. The number of aromatic nitrogens is 4. The van der Waals surface area contributed by atoms with Crippen LogP contribution in [0, 0.1) is 13.8 Å². The maximum Gasteiger partial charge on any atom is 0.246 e. The van der Waals surface area contributed by atoms with Crippen LogP contribution in [0.25, 0.3) is 21.8 Å². The lowest BCUT2D eigenvalue weighted by Gasteiger charge is -2.36. The van der Waals surface area contributed by atoms with Gasteiger partial charge in [0, 0.05) is 55.3 Å². The van der Waals surface area contributed by atoms with Crippen molar-refractivity contribution in [2.24, 2.45) is 0 Å². The highest BCUT2D eigenvalue weighted by molar-refractivity contribution is 5.95. The van der Waals surface area contributed by atoms with E-state index >= 15 is 0 Å². The molecule has 1 N–H and O–H groups in total. The molecular weight excluding hydrogens is 404 g/mol. The molecule has 8 heteroatoms. The zero-order valence-electron chi connectivity index (χ0n) is 18.1. The van der Waals surface area contributed by atoms with Gasteiger partial charge in [-0.15, -0.1) is 0 Å². The number of hydrogen-bond acceptors (Lipinski definition) is 6. The average molecular weight is 428 g/mol. The molecular formula is C24H24N6O2. The number of hydrogen-bond donors (Lipinski definition) is 1. The van der Waals surface area contributed by atoms with Crippen LogP contribution in [0.15, 0.2) is 49.3 Å². The molecule has 0 saturated carbocycles. The predicted octanol–water partition coefficient (Wildman–Crippen LogP) is 3.75. The summed E-state index contributed by atoms with van der Waals surface area (Å²) in [6.07, 6.45) is 4.90. The SMILES string of the molecule is C=CC(=O)N1CCN(c2ccnc3c(Oc4c(C)ccc5n[nH]c(C)c45)nccc23)CC1. The number of anilines is 1. The third-order valence-corrected chi connectivity index (χ3v) is 5.96. The van der Waals surface area contributed by atoms with E-state index in [-0.39, 0.29) is 5.91 Å². The number of carbonyl (C=O) groups excluding carboxylic acids is 1. The molecule has 1 amide bonds. The van der Waals surface area contributed by atoms with Gasteiger partial charge in [0.25, 0.3) is 0 Å². The quantitative estimate of drug-likeness (QED) is 0.498. The maximum atomic E-state index is 11.9. The molecule has 4 heterocycles. The number of fused-ring (bicyclic) bond motifs is 2. The van der Waals surface area contributed by atoms with E-state index in [0.29, 0.717) is 24.5 Å². The second kappa shape index (κ2) is 7.96. The Balaban J connectivity index is 1.51. The first kappa shape index (κ1) is 20.0. The van der Waals surface area contributed by atoms with Crippen molar-refractivity contribution >= 4 is 33.4 Å². The smallest absolute Gasteiger partial charge is 0.246 e. The number of amides is 1. The molecule has 0 aliphatic carbocycles. The highest BCUT2D eigenvalue weighted by atomic mass is 16.5. The Morgan fingerprint density at radius 1 is 1.09 bits per heavy atom. The molecule has 0 spiro atoms. The van der Waals surface area contributed by atoms with Crippen LogP contribution in [-0.2, 0) is 4.79 Å². The predicted molar refractivity (Wildman–Crippen MR) is 124 cm³/mol. The number of ether oxygens (including phenoxy) is 1. The van der Waals surface area contributed by atoms with Crippen LogP contribution in [-0.4, -0.2) is 57.2 Å². The van der Waals surface area contributed by atoms with Crippen molar-refractivity contribution in [3.8, 4) is 11.6 Å². The number of benzene rings is 1. The van der Waals surface area contributed by atoms with Gasteiger partial charge < -0.3 is 14.5 Å². The number of H-pyrrole nitrogens is 1. The fourth-order valence-electron chi connectivity index (χ4n) is 4.25. The van der Waals surface area contributed by atoms with Gasteiger partial charge in [-0.25, -0.2) is 4.98 Å². The van der Waals surface area contributed by atoms with E-state index in [9.17, 15) is 4.79 Å². The first-order valence-electron chi connectivity index (χ1n) is 10.6. The summed E-state index contributed by atoms with van der Waals surface area (Å²) in [5, 5.41) is 9.28. The lowest BCUT2D eigenvalue weighted by Crippen LogP contribution is -2.48. The molecule has 0 atom stereocenters. The van der Waals surface area contributed by atoms with Crippen molar-refractivity contribution in [2.75, 3.05) is 31.1 Å². The topological polar surface area (TPSA) is 87.2 Å². The molecule has 1 aliphatic rings. The van der Waals surface area contributed by atoms with Gasteiger partial charge in [-0.3, -0.25) is 14.9 Å². The number of aromatic amines is 1. The van der Waals surface area contributed by atoms with Gasteiger partial charge >= 0.3 is 0 Å². The highest BCUT2D eigenvalue weighted by Crippen LogP contribution is 2.37. The van der Waals surface area contributed by atoms with Crippen LogP contribution in [0.2, 0.25) is 0 Å². The van der Waals surface area contributed by atoms with Crippen LogP contribution in [0.1, 0.15) is 11.3 Å². The molecule has 0 bridgehead atoms. The van der Waals surface area contributed by atoms with Crippen molar-refractivity contribution in [3.05, 3.63) is 60.6 Å². The maximum absolute atomic E-state index is 11.9. The van der Waals surface area contributed by atoms with Crippen LogP contribution >= 0.6 is 0 Å². The van der Waals surface area contributed by atoms with E-state index in [1.165, 1.54) is 6.08 Å². The van der Waals surface area contributed by atoms with Crippen molar-refractivity contribution in [3.63, 3.8) is 0 Å². The second-order valence-electron chi connectivity index (χ2n) is 7.92. The van der Waals surface area contributed by atoms with E-state index in [1.54, 1.807) is 12.4 Å². The fourth-order valence-corrected chi connectivity index (χ4v) is 4.25. The summed E-state index contributed by atoms with van der Waals surface area (Å²) in [6, 6.07) is 7.93. The molecule has 1 aliphatic heterocycles. The van der Waals surface area contributed by atoms with Crippen molar-refractivity contribution in [1.29, 1.82) is 0 Å². The van der Waals surface area contributed by atoms with E-state index in [4.69, 9.17) is 4.74 Å². The molecule has 1 saturated heterocycles. The fraction of sp³-hybridized carbons (Fsp3) is 0.250. The molecule has 162 valence electrons. The molecule has 0 unspecified atom stereocenters. The van der Waals surface area contributed by atoms with E-state index < -0.39 is 0 Å². The molecule has 1 aromatic carbocycles. The molecule has 8 nitrogen and oxygen atoms in total. The number of rotatable bonds is 4. The van der Waals surface area contributed by atoms with E-state index in [2.05, 4.69) is 31.6 Å². The first-order chi connectivity index (χ1) is 15.6. The standard InChI is InChI=1S/C24H24N6O2/c1-4-20(31)30-13-11-29(12-14-30)19-8-10-25-22-17(19)7-9-26-24(22)32-23-15(2)5-6-18-21(23)16(3)27-28-18/h4-10H,1,11-14H2,2-3H3,(H,27,28). The second-order valence-corrected chi connectivity index (χ2v) is 7.92. The minimum atomic E-state index is -0.0248. The minimum Gasteiger partial charge on any atom is -0.436 e. The lowest BCUT2D eigenvalue weighted by atomic mass is 10.1. The minimum absolute atomic E-state index is 0.0248. The Hall–Kier alpha value is -3.94. The number of piperazine rings is 1. The summed E-state index contributed by atoms with van der Waals surface area (Å²) < 4.78 is 6.36. The first-order valence-corrected chi connectivity index (χ1v) is 10.6. The zero-order chi connectivity index (χ0) is 22.2. The van der Waals surface area contributed by atoms with Crippen LogP contribution in [0.5, 0.6) is 11.6 Å². The van der Waals surface area contributed by atoms with E-state index in [0.717, 1.165) is 52.1 Å². The van der Waals surface area contributed by atoms with E-state index in [1.807, 2.05) is 43.0 Å². The van der Waals surface area contributed by atoms with Gasteiger partial charge in [0.1, 0.15) is 11.3 Å². The Morgan fingerprint density at radius 3 is 2.66 bits per heavy atom. The summed E-state index contributed by atoms with van der Waals surface area (Å²) in [4.78, 5) is 25.1. The zero-order valence-corrected chi connectivity index (χ0v) is 18.1. The van der Waals surface area contributed by atoms with Crippen molar-refractivity contribution in [2.45, 2.75) is 13.8 Å².